The minimum atomic E-state index is -0.383. The van der Waals surface area contributed by atoms with Crippen LogP contribution in [-0.2, 0) is 0 Å². The molecule has 0 spiro atoms. The molecule has 0 aromatic heterocycles. The molecule has 1 atom stereocenters. The molecule has 0 aliphatic carbocycles. The largest absolute Gasteiger partial charge is 0.389 e. The molecular weight excluding hydrogens is 168 g/mol. The van der Waals surface area contributed by atoms with Crippen molar-refractivity contribution in [2.45, 2.75) is 12.5 Å². The Morgan fingerprint density at radius 2 is 2.38 bits per heavy atom. The summed E-state index contributed by atoms with van der Waals surface area (Å²) in [6.45, 7) is 3.47. The zero-order valence-electron chi connectivity index (χ0n) is 4.55. The van der Waals surface area contributed by atoms with Crippen LogP contribution in [0, 0.1) is 0 Å². The Morgan fingerprint density at radius 3 is 2.75 bits per heavy atom. The van der Waals surface area contributed by atoms with Gasteiger partial charge >= 0.3 is 0 Å². The van der Waals surface area contributed by atoms with Crippen molar-refractivity contribution >= 4 is 15.9 Å². The van der Waals surface area contributed by atoms with Gasteiger partial charge in [-0.1, -0.05) is 22.0 Å². The maximum absolute atomic E-state index is 8.86. The van der Waals surface area contributed by atoms with Gasteiger partial charge in [0.1, 0.15) is 0 Å². The zero-order chi connectivity index (χ0) is 6.41. The van der Waals surface area contributed by atoms with Crippen LogP contribution in [0.2, 0.25) is 0 Å². The third-order valence-corrected chi connectivity index (χ3v) is 1.01. The van der Waals surface area contributed by atoms with Gasteiger partial charge in [0.05, 0.1) is 6.10 Å². The Bertz CT molecular complexity index is 88.5. The molecule has 0 aromatic carbocycles. The van der Waals surface area contributed by atoms with Gasteiger partial charge in [0, 0.05) is 0 Å². The van der Waals surface area contributed by atoms with E-state index in [-0.39, 0.29) is 6.10 Å². The molecule has 0 amide bonds. The Kier molecular flexibility index (Phi) is 5.01. The van der Waals surface area contributed by atoms with E-state index >= 15 is 0 Å². The molecule has 2 heteroatoms. The minimum Gasteiger partial charge on any atom is -0.389 e. The summed E-state index contributed by atoms with van der Waals surface area (Å²) in [6, 6.07) is 0. The lowest BCUT2D eigenvalue weighted by Gasteiger charge is -1.96. The van der Waals surface area contributed by atoms with Crippen molar-refractivity contribution in [1.82, 2.24) is 0 Å². The second-order valence-corrected chi connectivity index (χ2v) is 1.94. The van der Waals surface area contributed by atoms with E-state index in [9.17, 15) is 0 Å². The third-order valence-electron chi connectivity index (χ3n) is 0.703. The molecule has 0 saturated carbocycles. The SMILES string of the molecule is C=CC[C@H](O)/C=C/Br. The molecule has 0 aliphatic rings. The summed E-state index contributed by atoms with van der Waals surface area (Å²) in [5.74, 6) is 0. The molecular formula is C6H9BrO. The minimum absolute atomic E-state index is 0.383. The van der Waals surface area contributed by atoms with Crippen LogP contribution in [0.1, 0.15) is 6.42 Å². The van der Waals surface area contributed by atoms with E-state index < -0.39 is 0 Å². The molecule has 0 fully saturated rings. The molecule has 0 aromatic rings. The van der Waals surface area contributed by atoms with Gasteiger partial charge in [-0.2, -0.15) is 0 Å². The van der Waals surface area contributed by atoms with Gasteiger partial charge in [-0.15, -0.1) is 6.58 Å². The van der Waals surface area contributed by atoms with Gasteiger partial charge in [0.15, 0.2) is 0 Å². The predicted octanol–water partition coefficient (Wildman–Crippen LogP) is 1.83. The van der Waals surface area contributed by atoms with Crippen molar-refractivity contribution in [2.24, 2.45) is 0 Å². The first-order chi connectivity index (χ1) is 3.81. The maximum Gasteiger partial charge on any atom is 0.0763 e. The van der Waals surface area contributed by atoms with Crippen molar-refractivity contribution in [2.75, 3.05) is 0 Å². The van der Waals surface area contributed by atoms with Crippen molar-refractivity contribution in [3.8, 4) is 0 Å². The summed E-state index contributed by atoms with van der Waals surface area (Å²) < 4.78 is 0. The lowest BCUT2D eigenvalue weighted by Crippen LogP contribution is -1.97. The number of halogens is 1. The number of aliphatic hydroxyl groups excluding tert-OH is 1. The number of aliphatic hydroxyl groups is 1. The highest BCUT2D eigenvalue weighted by atomic mass is 79.9. The summed E-state index contributed by atoms with van der Waals surface area (Å²) in [5.41, 5.74) is 0. The quantitative estimate of drug-likeness (QED) is 0.652. The van der Waals surface area contributed by atoms with Crippen LogP contribution >= 0.6 is 15.9 Å². The van der Waals surface area contributed by atoms with Crippen molar-refractivity contribution in [1.29, 1.82) is 0 Å². The standard InChI is InChI=1S/C6H9BrO/c1-2-3-6(8)4-5-7/h2,4-6,8H,1,3H2/b5-4+/t6-/m0/s1. The second-order valence-electron chi connectivity index (χ2n) is 1.41. The van der Waals surface area contributed by atoms with Crippen LogP contribution in [0.3, 0.4) is 0 Å². The van der Waals surface area contributed by atoms with Crippen LogP contribution < -0.4 is 0 Å². The average Bonchev–Trinajstić information content (AvgIpc) is 1.68. The van der Waals surface area contributed by atoms with Crippen LogP contribution in [0.25, 0.3) is 0 Å². The Labute approximate surface area is 57.8 Å². The van der Waals surface area contributed by atoms with Gasteiger partial charge in [0.2, 0.25) is 0 Å². The maximum atomic E-state index is 8.86. The molecule has 0 rings (SSSR count). The van der Waals surface area contributed by atoms with Crippen molar-refractivity contribution < 1.29 is 5.11 Å². The summed E-state index contributed by atoms with van der Waals surface area (Å²) in [4.78, 5) is 1.64. The van der Waals surface area contributed by atoms with Crippen molar-refractivity contribution in [3.63, 3.8) is 0 Å². The molecule has 0 bridgehead atoms. The molecule has 8 heavy (non-hydrogen) atoms. The Morgan fingerprint density at radius 1 is 1.75 bits per heavy atom. The van der Waals surface area contributed by atoms with Gasteiger partial charge in [0.25, 0.3) is 0 Å². The highest BCUT2D eigenvalue weighted by Gasteiger charge is 1.90. The molecule has 1 N–H and O–H groups in total. The highest BCUT2D eigenvalue weighted by molar-refractivity contribution is 9.11. The van der Waals surface area contributed by atoms with E-state index in [4.69, 9.17) is 5.11 Å². The van der Waals surface area contributed by atoms with Crippen LogP contribution in [0.5, 0.6) is 0 Å². The monoisotopic (exact) mass is 176 g/mol. The fraction of sp³-hybridized carbons (Fsp3) is 0.333. The molecule has 0 radical (unpaired) electrons. The first-order valence-electron chi connectivity index (χ1n) is 2.37. The molecule has 0 unspecified atom stereocenters. The zero-order valence-corrected chi connectivity index (χ0v) is 6.13. The topological polar surface area (TPSA) is 20.2 Å². The van der Waals surface area contributed by atoms with Crippen LogP contribution in [0.15, 0.2) is 23.7 Å². The average molecular weight is 177 g/mol. The molecule has 0 aliphatic heterocycles. The van der Waals surface area contributed by atoms with Gasteiger partial charge in [-0.25, -0.2) is 0 Å². The summed E-state index contributed by atoms with van der Waals surface area (Å²) in [6.07, 6.45) is 3.56. The fourth-order valence-corrected chi connectivity index (χ4v) is 0.686. The lowest BCUT2D eigenvalue weighted by molar-refractivity contribution is 0.227. The second kappa shape index (κ2) is 5.06. The van der Waals surface area contributed by atoms with E-state index in [2.05, 4.69) is 22.5 Å². The van der Waals surface area contributed by atoms with E-state index in [1.807, 2.05) is 0 Å². The lowest BCUT2D eigenvalue weighted by atomic mass is 10.2. The number of rotatable bonds is 3. The smallest absolute Gasteiger partial charge is 0.0763 e. The van der Waals surface area contributed by atoms with E-state index in [0.717, 1.165) is 0 Å². The molecule has 46 valence electrons. The predicted molar refractivity (Wildman–Crippen MR) is 38.9 cm³/mol. The first kappa shape index (κ1) is 7.92. The molecule has 1 nitrogen and oxygen atoms in total. The van der Waals surface area contributed by atoms with E-state index in [0.29, 0.717) is 6.42 Å². The fourth-order valence-electron chi connectivity index (χ4n) is 0.333. The highest BCUT2D eigenvalue weighted by Crippen LogP contribution is 1.95. The summed E-state index contributed by atoms with van der Waals surface area (Å²) in [7, 11) is 0. The third kappa shape index (κ3) is 4.09. The van der Waals surface area contributed by atoms with Crippen LogP contribution in [0.4, 0.5) is 0 Å². The Hall–Kier alpha value is -0.0800. The summed E-state index contributed by atoms with van der Waals surface area (Å²) in [5, 5.41) is 8.86. The number of hydrogen-bond donors (Lipinski definition) is 1. The first-order valence-corrected chi connectivity index (χ1v) is 3.28. The number of hydrogen-bond acceptors (Lipinski definition) is 1. The normalized spacial score (nSPS) is 14.2. The Balaban J connectivity index is 3.31. The van der Waals surface area contributed by atoms with Gasteiger partial charge in [-0.3, -0.25) is 0 Å². The van der Waals surface area contributed by atoms with Crippen molar-refractivity contribution in [3.05, 3.63) is 23.7 Å². The van der Waals surface area contributed by atoms with Gasteiger partial charge < -0.3 is 5.11 Å². The van der Waals surface area contributed by atoms with Crippen LogP contribution in [-0.4, -0.2) is 11.2 Å². The summed E-state index contributed by atoms with van der Waals surface area (Å²) >= 11 is 3.05. The van der Waals surface area contributed by atoms with Gasteiger partial charge in [-0.05, 0) is 17.5 Å². The molecule has 0 saturated heterocycles. The van der Waals surface area contributed by atoms with E-state index in [1.165, 1.54) is 0 Å². The van der Waals surface area contributed by atoms with E-state index in [1.54, 1.807) is 17.1 Å². The molecule has 0 heterocycles.